The van der Waals surface area contributed by atoms with Gasteiger partial charge in [0.25, 0.3) is 0 Å². The van der Waals surface area contributed by atoms with Crippen molar-refractivity contribution < 1.29 is 19.8 Å². The Bertz CT molecular complexity index is 119. The van der Waals surface area contributed by atoms with Crippen LogP contribution in [-0.4, -0.2) is 67.6 Å². The second-order valence-corrected chi connectivity index (χ2v) is 1.99. The Labute approximate surface area is 102 Å². The van der Waals surface area contributed by atoms with Gasteiger partial charge >= 0.3 is 57.4 Å². The van der Waals surface area contributed by atoms with Crippen LogP contribution in [0.4, 0.5) is 0 Å². The van der Waals surface area contributed by atoms with Crippen molar-refractivity contribution in [1.29, 1.82) is 0 Å². The van der Waals surface area contributed by atoms with Crippen molar-refractivity contribution in [3.63, 3.8) is 0 Å². The second-order valence-electron chi connectivity index (χ2n) is 1.99. The summed E-state index contributed by atoms with van der Waals surface area (Å²) in [5, 5.41) is 16.3. The third-order valence-corrected chi connectivity index (χ3v) is 1.03. The number of carbonyl (C=O) groups is 2. The maximum atomic E-state index is 9.90. The van der Waals surface area contributed by atoms with Gasteiger partial charge in [-0.05, 0) is 12.8 Å². The fraction of sp³-hybridized carbons (Fsp3) is 0.667. The molecule has 0 aromatic carbocycles. The van der Waals surface area contributed by atoms with Crippen LogP contribution in [0.5, 0.6) is 0 Å². The first-order chi connectivity index (χ1) is 4.63. The van der Waals surface area contributed by atoms with Crippen LogP contribution < -0.4 is 0 Å². The van der Waals surface area contributed by atoms with Gasteiger partial charge in [-0.15, -0.1) is 0 Å². The van der Waals surface area contributed by atoms with Gasteiger partial charge in [-0.25, -0.2) is 0 Å². The molecule has 4 nitrogen and oxygen atoms in total. The first kappa shape index (κ1) is 14.0. The van der Waals surface area contributed by atoms with Gasteiger partial charge in [0.15, 0.2) is 0 Å². The van der Waals surface area contributed by atoms with Gasteiger partial charge in [-0.1, -0.05) is 0 Å². The van der Waals surface area contributed by atoms with Gasteiger partial charge in [0.1, 0.15) is 0 Å². The second kappa shape index (κ2) is 8.52. The number of carboxylic acid groups (broad SMARTS) is 2. The van der Waals surface area contributed by atoms with Crippen LogP contribution in [0, 0.1) is 0 Å². The summed E-state index contributed by atoms with van der Waals surface area (Å²) in [6.45, 7) is 0. The van der Waals surface area contributed by atoms with E-state index < -0.39 is 11.9 Å². The van der Waals surface area contributed by atoms with E-state index in [4.69, 9.17) is 10.2 Å². The molecule has 0 bridgehead atoms. The molecule has 0 radical (unpaired) electrons. The summed E-state index contributed by atoms with van der Waals surface area (Å²) >= 11 is 0. The first-order valence-electron chi connectivity index (χ1n) is 3.06. The summed E-state index contributed by atoms with van der Waals surface area (Å²) in [6, 6.07) is 0. The molecule has 0 aliphatic heterocycles. The molecular formula is C6H12O4Sr. The molecule has 0 rings (SSSR count). The molecule has 0 aromatic heterocycles. The van der Waals surface area contributed by atoms with E-state index >= 15 is 0 Å². The average molecular weight is 236 g/mol. The van der Waals surface area contributed by atoms with E-state index in [2.05, 4.69) is 0 Å². The average Bonchev–Trinajstić information content (AvgIpc) is 1.79. The molecule has 0 saturated carbocycles. The quantitative estimate of drug-likeness (QED) is 0.511. The Morgan fingerprint density at radius 3 is 1.36 bits per heavy atom. The van der Waals surface area contributed by atoms with Crippen LogP contribution in [0.3, 0.4) is 0 Å². The summed E-state index contributed by atoms with van der Waals surface area (Å²) in [5.74, 6) is -1.74. The van der Waals surface area contributed by atoms with Crippen molar-refractivity contribution in [2.45, 2.75) is 25.7 Å². The van der Waals surface area contributed by atoms with E-state index in [1.807, 2.05) is 0 Å². The molecule has 0 amide bonds. The zero-order chi connectivity index (χ0) is 7.98. The van der Waals surface area contributed by atoms with Gasteiger partial charge < -0.3 is 10.2 Å². The van der Waals surface area contributed by atoms with Crippen molar-refractivity contribution in [1.82, 2.24) is 0 Å². The Kier molecular flexibility index (Phi) is 10.8. The molecule has 0 heterocycles. The monoisotopic (exact) mass is 236 g/mol. The van der Waals surface area contributed by atoms with Gasteiger partial charge in [0.05, 0.1) is 0 Å². The van der Waals surface area contributed by atoms with E-state index in [-0.39, 0.29) is 58.3 Å². The summed E-state index contributed by atoms with van der Waals surface area (Å²) < 4.78 is 0. The van der Waals surface area contributed by atoms with Crippen molar-refractivity contribution in [3.8, 4) is 0 Å². The zero-order valence-electron chi connectivity index (χ0n) is 5.54. The molecule has 0 aliphatic rings. The fourth-order valence-electron chi connectivity index (χ4n) is 0.552. The third kappa shape index (κ3) is 13.4. The minimum atomic E-state index is -0.870. The molecule has 0 atom stereocenters. The zero-order valence-corrected chi connectivity index (χ0v) is 5.54. The summed E-state index contributed by atoms with van der Waals surface area (Å²) in [6.07, 6.45) is 1.02. The predicted molar refractivity (Wildman–Crippen MR) is 42.3 cm³/mol. The molecule has 0 fully saturated rings. The molecule has 0 saturated heterocycles. The summed E-state index contributed by atoms with van der Waals surface area (Å²) in [5.41, 5.74) is 0. The van der Waals surface area contributed by atoms with Crippen LogP contribution >= 0.6 is 0 Å². The van der Waals surface area contributed by atoms with Gasteiger partial charge in [-0.3, -0.25) is 9.59 Å². The first-order valence-corrected chi connectivity index (χ1v) is 3.06. The van der Waals surface area contributed by atoms with E-state index in [9.17, 15) is 9.59 Å². The van der Waals surface area contributed by atoms with E-state index in [1.54, 1.807) is 0 Å². The Hall–Kier alpha value is 0.421. The van der Waals surface area contributed by atoms with Crippen molar-refractivity contribution >= 4 is 57.4 Å². The number of hydrogen-bond donors (Lipinski definition) is 2. The van der Waals surface area contributed by atoms with Crippen LogP contribution in [0.15, 0.2) is 0 Å². The Morgan fingerprint density at radius 1 is 0.909 bits per heavy atom. The van der Waals surface area contributed by atoms with Crippen molar-refractivity contribution in [3.05, 3.63) is 0 Å². The third-order valence-electron chi connectivity index (χ3n) is 1.03. The molecular weight excluding hydrogens is 224 g/mol. The normalized spacial score (nSPS) is 8.36. The molecule has 0 unspecified atom stereocenters. The molecule has 0 spiro atoms. The Balaban J connectivity index is 0. The standard InChI is InChI=1S/C6H10O4.Sr.2H/c7-5(8)3-1-2-4-6(9)10;;;/h1-4H2,(H,7,8)(H,9,10);;;. The number of aliphatic carboxylic acids is 2. The van der Waals surface area contributed by atoms with E-state index in [0.29, 0.717) is 12.8 Å². The van der Waals surface area contributed by atoms with Gasteiger partial charge in [0, 0.05) is 12.8 Å². The van der Waals surface area contributed by atoms with E-state index in [1.165, 1.54) is 0 Å². The number of unbranched alkanes of at least 4 members (excludes halogenated alkanes) is 1. The molecule has 5 heteroatoms. The fourth-order valence-corrected chi connectivity index (χ4v) is 0.552. The molecule has 2 N–H and O–H groups in total. The molecule has 0 aliphatic carbocycles. The summed E-state index contributed by atoms with van der Waals surface area (Å²) in [7, 11) is 0. The predicted octanol–water partition coefficient (Wildman–Crippen LogP) is -0.200. The molecule has 0 aromatic rings. The van der Waals surface area contributed by atoms with Gasteiger partial charge in [-0.2, -0.15) is 0 Å². The number of carboxylic acids is 2. The number of rotatable bonds is 5. The van der Waals surface area contributed by atoms with E-state index in [0.717, 1.165) is 0 Å². The number of hydrogen-bond acceptors (Lipinski definition) is 2. The topological polar surface area (TPSA) is 74.6 Å². The maximum absolute atomic E-state index is 9.90. The van der Waals surface area contributed by atoms with Crippen LogP contribution in [-0.2, 0) is 9.59 Å². The van der Waals surface area contributed by atoms with Crippen molar-refractivity contribution in [2.75, 3.05) is 0 Å². The van der Waals surface area contributed by atoms with Gasteiger partial charge in [0.2, 0.25) is 0 Å². The minimum absolute atomic E-state index is 0. The van der Waals surface area contributed by atoms with Crippen molar-refractivity contribution in [2.24, 2.45) is 0 Å². The SMILES string of the molecule is O=C(O)CCCCC(=O)O.[SrH2]. The summed E-state index contributed by atoms with van der Waals surface area (Å²) in [4.78, 5) is 19.8. The molecule has 11 heavy (non-hydrogen) atoms. The van der Waals surface area contributed by atoms with Crippen LogP contribution in [0.25, 0.3) is 0 Å². The molecule has 62 valence electrons. The van der Waals surface area contributed by atoms with Crippen LogP contribution in [0.1, 0.15) is 25.7 Å². The Morgan fingerprint density at radius 2 is 1.18 bits per heavy atom. The van der Waals surface area contributed by atoms with Crippen LogP contribution in [0.2, 0.25) is 0 Å².